The van der Waals surface area contributed by atoms with Crippen molar-refractivity contribution in [3.8, 4) is 0 Å². The smallest absolute Gasteiger partial charge is 0.275 e. The molecule has 0 aromatic heterocycles. The average Bonchev–Trinajstić information content (AvgIpc) is 2.67. The van der Waals surface area contributed by atoms with Crippen molar-refractivity contribution in [1.29, 1.82) is 0 Å². The molecule has 0 unspecified atom stereocenters. The predicted molar refractivity (Wildman–Crippen MR) is 72.9 cm³/mol. The Balaban J connectivity index is 2.07. The Morgan fingerprint density at radius 1 is 1.20 bits per heavy atom. The number of hydrazine groups is 1. The molecular formula is C14H17N3O3. The lowest BCUT2D eigenvalue weighted by atomic mass is 9.87. The zero-order chi connectivity index (χ0) is 14.9. The maximum Gasteiger partial charge on any atom is 0.343 e. The Labute approximate surface area is 117 Å². The molecule has 1 heterocycles. The van der Waals surface area contributed by atoms with Gasteiger partial charge in [-0.2, -0.15) is 0 Å². The topological polar surface area (TPSA) is 78.5 Å². The molecule has 1 fully saturated rings. The first-order valence-electron chi connectivity index (χ1n) is 6.30. The van der Waals surface area contributed by atoms with Gasteiger partial charge in [0.25, 0.3) is 5.91 Å². The molecule has 106 valence electrons. The summed E-state index contributed by atoms with van der Waals surface area (Å²) in [5.74, 6) is -0.853. The number of carbonyl (C=O) groups excluding carboxylic acids is 3. The fourth-order valence-electron chi connectivity index (χ4n) is 1.84. The van der Waals surface area contributed by atoms with E-state index in [1.807, 2.05) is 12.1 Å². The molecular weight excluding hydrogens is 258 g/mol. The van der Waals surface area contributed by atoms with Gasteiger partial charge in [-0.15, -0.1) is 0 Å². The first-order valence-corrected chi connectivity index (χ1v) is 6.30. The van der Waals surface area contributed by atoms with E-state index in [0.717, 1.165) is 10.6 Å². The minimum atomic E-state index is -0.616. The zero-order valence-corrected chi connectivity index (χ0v) is 11.7. The van der Waals surface area contributed by atoms with E-state index in [-0.39, 0.29) is 12.0 Å². The average molecular weight is 275 g/mol. The molecule has 2 rings (SSSR count). The number of benzene rings is 1. The molecule has 0 bridgehead atoms. The van der Waals surface area contributed by atoms with Crippen LogP contribution in [0.25, 0.3) is 0 Å². The van der Waals surface area contributed by atoms with Gasteiger partial charge in [-0.1, -0.05) is 32.9 Å². The van der Waals surface area contributed by atoms with Crippen LogP contribution in [0.5, 0.6) is 0 Å². The Hall–Kier alpha value is -2.37. The van der Waals surface area contributed by atoms with E-state index < -0.39 is 17.8 Å². The fourth-order valence-corrected chi connectivity index (χ4v) is 1.84. The van der Waals surface area contributed by atoms with Gasteiger partial charge in [0.15, 0.2) is 0 Å². The second kappa shape index (κ2) is 4.96. The van der Waals surface area contributed by atoms with E-state index in [0.29, 0.717) is 5.56 Å². The van der Waals surface area contributed by atoms with Gasteiger partial charge in [0.1, 0.15) is 6.54 Å². The minimum absolute atomic E-state index is 0.0102. The van der Waals surface area contributed by atoms with Gasteiger partial charge in [0, 0.05) is 5.56 Å². The van der Waals surface area contributed by atoms with Crippen LogP contribution >= 0.6 is 0 Å². The van der Waals surface area contributed by atoms with E-state index in [1.54, 1.807) is 12.1 Å². The van der Waals surface area contributed by atoms with Crippen LogP contribution in [0, 0.1) is 0 Å². The summed E-state index contributed by atoms with van der Waals surface area (Å²) in [6, 6.07) is 6.54. The Morgan fingerprint density at radius 3 is 2.25 bits per heavy atom. The van der Waals surface area contributed by atoms with E-state index in [9.17, 15) is 14.4 Å². The van der Waals surface area contributed by atoms with Gasteiger partial charge in [0.2, 0.25) is 5.91 Å². The van der Waals surface area contributed by atoms with Crippen molar-refractivity contribution in [1.82, 2.24) is 15.8 Å². The Bertz CT molecular complexity index is 558. The lowest BCUT2D eigenvalue weighted by Crippen LogP contribution is -2.44. The number of nitrogens with zero attached hydrogens (tertiary/aromatic N) is 1. The van der Waals surface area contributed by atoms with Crippen molar-refractivity contribution < 1.29 is 14.4 Å². The second-order valence-electron chi connectivity index (χ2n) is 5.71. The van der Waals surface area contributed by atoms with Crippen molar-refractivity contribution >= 4 is 17.8 Å². The van der Waals surface area contributed by atoms with Crippen molar-refractivity contribution in [3.63, 3.8) is 0 Å². The third-order valence-electron chi connectivity index (χ3n) is 3.04. The summed E-state index contributed by atoms with van der Waals surface area (Å²) in [7, 11) is 0. The van der Waals surface area contributed by atoms with E-state index in [2.05, 4.69) is 31.5 Å². The zero-order valence-electron chi connectivity index (χ0n) is 11.7. The van der Waals surface area contributed by atoms with Crippen LogP contribution in [-0.2, 0) is 10.2 Å². The lowest BCUT2D eigenvalue weighted by molar-refractivity contribution is -0.118. The lowest BCUT2D eigenvalue weighted by Gasteiger charge is -2.19. The molecule has 6 nitrogen and oxygen atoms in total. The van der Waals surface area contributed by atoms with Crippen LogP contribution in [0.3, 0.4) is 0 Å². The maximum atomic E-state index is 12.0. The standard InChI is InChI=1S/C14H17N3O3/c1-14(2,3)10-6-4-9(5-7-10)12(19)16-17-8-11(18)15-13(17)20/h4-7H,8H2,1-3H3,(H,16,19)(H,15,18,20). The quantitative estimate of drug-likeness (QED) is 0.795. The highest BCUT2D eigenvalue weighted by Gasteiger charge is 2.28. The molecule has 1 aliphatic rings. The van der Waals surface area contributed by atoms with Gasteiger partial charge in [-0.25, -0.2) is 9.80 Å². The molecule has 1 aliphatic heterocycles. The molecule has 1 aromatic carbocycles. The van der Waals surface area contributed by atoms with Crippen LogP contribution in [0.2, 0.25) is 0 Å². The van der Waals surface area contributed by atoms with Crippen molar-refractivity contribution in [2.75, 3.05) is 6.54 Å². The number of carbonyl (C=O) groups is 3. The molecule has 1 saturated heterocycles. The molecule has 2 N–H and O–H groups in total. The van der Waals surface area contributed by atoms with Gasteiger partial charge >= 0.3 is 6.03 Å². The SMILES string of the molecule is CC(C)(C)c1ccc(C(=O)NN2CC(=O)NC2=O)cc1. The van der Waals surface area contributed by atoms with Crippen molar-refractivity contribution in [3.05, 3.63) is 35.4 Å². The number of hydrogen-bond donors (Lipinski definition) is 2. The van der Waals surface area contributed by atoms with Crippen molar-refractivity contribution in [2.24, 2.45) is 0 Å². The summed E-state index contributed by atoms with van der Waals surface area (Å²) >= 11 is 0. The summed E-state index contributed by atoms with van der Waals surface area (Å²) in [6.07, 6.45) is 0. The molecule has 0 atom stereocenters. The van der Waals surface area contributed by atoms with Gasteiger partial charge in [-0.3, -0.25) is 20.3 Å². The first-order chi connectivity index (χ1) is 9.27. The second-order valence-corrected chi connectivity index (χ2v) is 5.71. The van der Waals surface area contributed by atoms with Crippen LogP contribution in [0.1, 0.15) is 36.7 Å². The molecule has 0 radical (unpaired) electrons. The fraction of sp³-hybridized carbons (Fsp3) is 0.357. The molecule has 1 aromatic rings. The molecule has 6 heteroatoms. The van der Waals surface area contributed by atoms with Crippen LogP contribution in [-0.4, -0.2) is 29.4 Å². The molecule has 0 spiro atoms. The number of urea groups is 1. The van der Waals surface area contributed by atoms with Crippen LogP contribution in [0.4, 0.5) is 4.79 Å². The molecule has 0 saturated carbocycles. The molecule has 20 heavy (non-hydrogen) atoms. The molecule has 4 amide bonds. The number of rotatable bonds is 2. The van der Waals surface area contributed by atoms with Crippen LogP contribution in [0.15, 0.2) is 24.3 Å². The van der Waals surface area contributed by atoms with Crippen molar-refractivity contribution in [2.45, 2.75) is 26.2 Å². The van der Waals surface area contributed by atoms with Gasteiger partial charge in [-0.05, 0) is 23.1 Å². The third-order valence-corrected chi connectivity index (χ3v) is 3.04. The minimum Gasteiger partial charge on any atom is -0.275 e. The summed E-state index contributed by atoms with van der Waals surface area (Å²) in [4.78, 5) is 34.3. The summed E-state index contributed by atoms with van der Waals surface area (Å²) in [5.41, 5.74) is 3.95. The number of amides is 4. The number of hydrogen-bond acceptors (Lipinski definition) is 3. The summed E-state index contributed by atoms with van der Waals surface area (Å²) in [5, 5.41) is 3.05. The summed E-state index contributed by atoms with van der Waals surface area (Å²) < 4.78 is 0. The highest BCUT2D eigenvalue weighted by molar-refractivity contribution is 6.03. The number of imide groups is 1. The third kappa shape index (κ3) is 2.96. The highest BCUT2D eigenvalue weighted by atomic mass is 16.2. The largest absolute Gasteiger partial charge is 0.343 e. The van der Waals surface area contributed by atoms with E-state index in [4.69, 9.17) is 0 Å². The van der Waals surface area contributed by atoms with Gasteiger partial charge < -0.3 is 0 Å². The Kier molecular flexibility index (Phi) is 3.48. The normalized spacial score (nSPS) is 15.2. The monoisotopic (exact) mass is 275 g/mol. The van der Waals surface area contributed by atoms with Crippen LogP contribution < -0.4 is 10.7 Å². The maximum absolute atomic E-state index is 12.0. The van der Waals surface area contributed by atoms with E-state index >= 15 is 0 Å². The van der Waals surface area contributed by atoms with E-state index in [1.165, 1.54) is 0 Å². The first kappa shape index (κ1) is 14.0. The van der Waals surface area contributed by atoms with Gasteiger partial charge in [0.05, 0.1) is 0 Å². The molecule has 0 aliphatic carbocycles. The highest BCUT2D eigenvalue weighted by Crippen LogP contribution is 2.22. The Morgan fingerprint density at radius 2 is 1.80 bits per heavy atom. The predicted octanol–water partition coefficient (Wildman–Crippen LogP) is 1.18. The summed E-state index contributed by atoms with van der Waals surface area (Å²) in [6.45, 7) is 6.09. The number of nitrogens with one attached hydrogen (secondary N) is 2.